The highest BCUT2D eigenvalue weighted by atomic mass is 16.5. The standard InChI is InChI=1S/C21H22O8/c1-26-15-8-12(9-16(27-2)19(15)25)20-14(10-22)13-6-11(4-5-18(23)24)7-17(28-3)21(13)29-20/h4-9,14,20,22,25H,10H2,1-3H3,(H,23,24)/b5-4+/t14-,20+/m1/s1. The molecule has 0 aliphatic carbocycles. The summed E-state index contributed by atoms with van der Waals surface area (Å²) in [6.07, 6.45) is 1.88. The molecule has 2 atom stereocenters. The predicted molar refractivity (Wildman–Crippen MR) is 104 cm³/mol. The SMILES string of the molecule is COc1cc([C@@H]2Oc3c(OC)cc(/C=C/C(=O)O)cc3[C@H]2CO)cc(OC)c1O. The number of carboxylic acid groups (broad SMARTS) is 1. The van der Waals surface area contributed by atoms with Gasteiger partial charge in [-0.3, -0.25) is 0 Å². The molecular formula is C21H22O8. The Bertz CT molecular complexity index is 925. The maximum absolute atomic E-state index is 10.8. The van der Waals surface area contributed by atoms with Gasteiger partial charge in [-0.05, 0) is 35.9 Å². The van der Waals surface area contributed by atoms with Crippen LogP contribution in [-0.2, 0) is 4.79 Å². The normalized spacial score (nSPS) is 17.7. The number of benzene rings is 2. The predicted octanol–water partition coefficient (Wildman–Crippen LogP) is 2.73. The van der Waals surface area contributed by atoms with Crippen LogP contribution in [-0.4, -0.2) is 49.2 Å². The molecule has 1 aliphatic rings. The van der Waals surface area contributed by atoms with Gasteiger partial charge in [-0.1, -0.05) is 0 Å². The van der Waals surface area contributed by atoms with Gasteiger partial charge in [0.2, 0.25) is 5.75 Å². The molecule has 0 saturated carbocycles. The van der Waals surface area contributed by atoms with E-state index in [-0.39, 0.29) is 23.9 Å². The number of aliphatic hydroxyl groups excluding tert-OH is 1. The third kappa shape index (κ3) is 3.79. The minimum atomic E-state index is -1.07. The molecule has 3 rings (SSSR count). The van der Waals surface area contributed by atoms with Gasteiger partial charge in [0, 0.05) is 17.2 Å². The second-order valence-electron chi connectivity index (χ2n) is 6.41. The third-order valence-corrected chi connectivity index (χ3v) is 4.78. The van der Waals surface area contributed by atoms with Crippen LogP contribution in [0.4, 0.5) is 0 Å². The van der Waals surface area contributed by atoms with E-state index >= 15 is 0 Å². The van der Waals surface area contributed by atoms with E-state index in [2.05, 4.69) is 0 Å². The number of aliphatic hydroxyl groups is 1. The molecule has 0 radical (unpaired) electrons. The Kier molecular flexibility index (Phi) is 5.84. The second kappa shape index (κ2) is 8.32. The van der Waals surface area contributed by atoms with E-state index in [1.165, 1.54) is 27.4 Å². The number of hydrogen-bond donors (Lipinski definition) is 3. The molecule has 154 valence electrons. The molecule has 0 amide bonds. The Morgan fingerprint density at radius 2 is 1.69 bits per heavy atom. The molecule has 0 spiro atoms. The van der Waals surface area contributed by atoms with E-state index in [0.717, 1.165) is 6.08 Å². The maximum Gasteiger partial charge on any atom is 0.328 e. The van der Waals surface area contributed by atoms with Crippen molar-refractivity contribution in [2.24, 2.45) is 0 Å². The molecule has 1 heterocycles. The lowest BCUT2D eigenvalue weighted by atomic mass is 9.90. The minimum absolute atomic E-state index is 0.131. The van der Waals surface area contributed by atoms with E-state index < -0.39 is 18.0 Å². The zero-order valence-electron chi connectivity index (χ0n) is 16.2. The molecule has 0 unspecified atom stereocenters. The number of aliphatic carboxylic acids is 1. The highest BCUT2D eigenvalue weighted by Gasteiger charge is 2.38. The Hall–Kier alpha value is -3.39. The molecule has 0 saturated heterocycles. The second-order valence-corrected chi connectivity index (χ2v) is 6.41. The van der Waals surface area contributed by atoms with E-state index in [4.69, 9.17) is 24.1 Å². The molecule has 0 aromatic heterocycles. The smallest absolute Gasteiger partial charge is 0.328 e. The highest BCUT2D eigenvalue weighted by molar-refractivity contribution is 5.85. The van der Waals surface area contributed by atoms with Gasteiger partial charge in [0.05, 0.1) is 33.9 Å². The van der Waals surface area contributed by atoms with Crippen LogP contribution in [0, 0.1) is 0 Å². The van der Waals surface area contributed by atoms with Gasteiger partial charge in [-0.2, -0.15) is 0 Å². The molecule has 2 aromatic carbocycles. The van der Waals surface area contributed by atoms with Crippen LogP contribution in [0.15, 0.2) is 30.3 Å². The van der Waals surface area contributed by atoms with Gasteiger partial charge in [-0.25, -0.2) is 4.79 Å². The van der Waals surface area contributed by atoms with Gasteiger partial charge in [-0.15, -0.1) is 0 Å². The molecule has 29 heavy (non-hydrogen) atoms. The summed E-state index contributed by atoms with van der Waals surface area (Å²) in [5, 5.41) is 29.1. The number of carboxylic acids is 1. The van der Waals surface area contributed by atoms with Crippen molar-refractivity contribution in [3.63, 3.8) is 0 Å². The zero-order chi connectivity index (χ0) is 21.1. The molecule has 8 heteroatoms. The third-order valence-electron chi connectivity index (χ3n) is 4.78. The van der Waals surface area contributed by atoms with Crippen LogP contribution < -0.4 is 18.9 Å². The largest absolute Gasteiger partial charge is 0.502 e. The van der Waals surface area contributed by atoms with Crippen molar-refractivity contribution >= 4 is 12.0 Å². The zero-order valence-corrected chi connectivity index (χ0v) is 16.2. The first-order valence-corrected chi connectivity index (χ1v) is 8.78. The van der Waals surface area contributed by atoms with Crippen molar-refractivity contribution in [3.05, 3.63) is 47.0 Å². The fourth-order valence-corrected chi connectivity index (χ4v) is 3.41. The Balaban J connectivity index is 2.09. The Morgan fingerprint density at radius 3 is 2.21 bits per heavy atom. The topological polar surface area (TPSA) is 115 Å². The van der Waals surface area contributed by atoms with Crippen molar-refractivity contribution < 1.29 is 39.1 Å². The van der Waals surface area contributed by atoms with Crippen molar-refractivity contribution in [1.29, 1.82) is 0 Å². The molecular weight excluding hydrogens is 380 g/mol. The molecule has 1 aliphatic heterocycles. The number of fused-ring (bicyclic) bond motifs is 1. The van der Waals surface area contributed by atoms with Crippen LogP contribution >= 0.6 is 0 Å². The summed E-state index contributed by atoms with van der Waals surface area (Å²) in [5.41, 5.74) is 1.93. The summed E-state index contributed by atoms with van der Waals surface area (Å²) in [7, 11) is 4.34. The monoisotopic (exact) mass is 402 g/mol. The van der Waals surface area contributed by atoms with Crippen molar-refractivity contribution in [2.75, 3.05) is 27.9 Å². The van der Waals surface area contributed by atoms with E-state index in [1.807, 2.05) is 0 Å². The fourth-order valence-electron chi connectivity index (χ4n) is 3.41. The quantitative estimate of drug-likeness (QED) is 0.606. The molecule has 0 fully saturated rings. The van der Waals surface area contributed by atoms with Gasteiger partial charge < -0.3 is 34.3 Å². The Labute approximate surface area is 167 Å². The lowest BCUT2D eigenvalue weighted by molar-refractivity contribution is -0.131. The van der Waals surface area contributed by atoms with Crippen LogP contribution in [0.1, 0.15) is 28.7 Å². The Morgan fingerprint density at radius 1 is 1.07 bits per heavy atom. The molecule has 8 nitrogen and oxygen atoms in total. The number of phenolic OH excluding ortho intramolecular Hbond substituents is 1. The summed E-state index contributed by atoms with van der Waals surface area (Å²) in [6, 6.07) is 6.66. The fraction of sp³-hybridized carbons (Fsp3) is 0.286. The van der Waals surface area contributed by atoms with Gasteiger partial charge >= 0.3 is 5.97 Å². The molecule has 2 aromatic rings. The number of aromatic hydroxyl groups is 1. The van der Waals surface area contributed by atoms with Gasteiger partial charge in [0.15, 0.2) is 23.0 Å². The average molecular weight is 402 g/mol. The summed E-state index contributed by atoms with van der Waals surface area (Å²) >= 11 is 0. The lowest BCUT2D eigenvalue weighted by Crippen LogP contribution is -2.13. The number of ether oxygens (including phenoxy) is 4. The first-order valence-electron chi connectivity index (χ1n) is 8.78. The maximum atomic E-state index is 10.8. The van der Waals surface area contributed by atoms with E-state index in [0.29, 0.717) is 28.2 Å². The first kappa shape index (κ1) is 20.3. The summed E-state index contributed by atoms with van der Waals surface area (Å²) < 4.78 is 22.0. The number of carbonyl (C=O) groups is 1. The van der Waals surface area contributed by atoms with Gasteiger partial charge in [0.25, 0.3) is 0 Å². The van der Waals surface area contributed by atoms with Crippen LogP contribution in [0.2, 0.25) is 0 Å². The van der Waals surface area contributed by atoms with Crippen molar-refractivity contribution in [2.45, 2.75) is 12.0 Å². The number of phenols is 1. The summed E-state index contributed by atoms with van der Waals surface area (Å²) in [4.78, 5) is 10.8. The van der Waals surface area contributed by atoms with E-state index in [1.54, 1.807) is 24.3 Å². The number of hydrogen-bond acceptors (Lipinski definition) is 7. The number of methoxy groups -OCH3 is 3. The van der Waals surface area contributed by atoms with Crippen LogP contribution in [0.5, 0.6) is 28.7 Å². The van der Waals surface area contributed by atoms with Crippen LogP contribution in [0.25, 0.3) is 6.08 Å². The first-order chi connectivity index (χ1) is 13.9. The summed E-state index contributed by atoms with van der Waals surface area (Å²) in [6.45, 7) is -0.224. The molecule has 3 N–H and O–H groups in total. The van der Waals surface area contributed by atoms with Crippen molar-refractivity contribution in [3.8, 4) is 28.7 Å². The van der Waals surface area contributed by atoms with Crippen molar-refractivity contribution in [1.82, 2.24) is 0 Å². The minimum Gasteiger partial charge on any atom is -0.502 e. The van der Waals surface area contributed by atoms with Gasteiger partial charge in [0.1, 0.15) is 6.10 Å². The molecule has 0 bridgehead atoms. The lowest BCUT2D eigenvalue weighted by Gasteiger charge is -2.20. The highest BCUT2D eigenvalue weighted by Crippen LogP contribution is 2.52. The number of rotatable bonds is 7. The van der Waals surface area contributed by atoms with Crippen LogP contribution in [0.3, 0.4) is 0 Å². The van der Waals surface area contributed by atoms with E-state index in [9.17, 15) is 15.0 Å². The average Bonchev–Trinajstić information content (AvgIpc) is 3.10. The summed E-state index contributed by atoms with van der Waals surface area (Å²) in [5.74, 6) is -0.327.